The van der Waals surface area contributed by atoms with Crippen molar-refractivity contribution in [2.75, 3.05) is 0 Å². The number of rotatable bonds is 10. The average Bonchev–Trinajstić information content (AvgIpc) is 3.30. The van der Waals surface area contributed by atoms with Crippen LogP contribution in [0.1, 0.15) is 36.7 Å². The predicted molar refractivity (Wildman–Crippen MR) is 140 cm³/mol. The van der Waals surface area contributed by atoms with Gasteiger partial charge in [-0.3, -0.25) is 14.4 Å². The first-order valence-corrected chi connectivity index (χ1v) is 15.2. The van der Waals surface area contributed by atoms with Crippen LogP contribution >= 0.6 is 28.6 Å². The quantitative estimate of drug-likeness (QED) is 0.287. The standard InChI is InChI=1S/C24H27IN4O4S/c1-14(2)20(13-30)28-22(31)15(3)26-24(33)19(11-16-7-5-4-6-8-16)27-23(32)17-9-10-18-21(12-17)34-25-29-18/h4-10,12-15,19-20H,11H2,1-3H3,(H,26,33)(H,27,32)(H,28,31)/t15-,19+,20+/m0/s1. The van der Waals surface area contributed by atoms with Gasteiger partial charge in [0.2, 0.25) is 11.8 Å². The maximum absolute atomic E-state index is 13.1. The van der Waals surface area contributed by atoms with E-state index in [1.54, 1.807) is 28.0 Å². The van der Waals surface area contributed by atoms with Crippen LogP contribution < -0.4 is 16.0 Å². The van der Waals surface area contributed by atoms with E-state index in [1.807, 2.05) is 50.2 Å². The second-order valence-electron chi connectivity index (χ2n) is 8.27. The molecule has 3 rings (SSSR count). The Kier molecular flexibility index (Phi) is 9.34. The summed E-state index contributed by atoms with van der Waals surface area (Å²) in [6.07, 6.45) is 0.940. The second-order valence-corrected chi connectivity index (χ2v) is 12.0. The molecule has 0 radical (unpaired) electrons. The fraction of sp³-hybridized carbons (Fsp3) is 0.333. The first-order valence-electron chi connectivity index (χ1n) is 10.9. The zero-order valence-electron chi connectivity index (χ0n) is 19.1. The van der Waals surface area contributed by atoms with Gasteiger partial charge >= 0.3 is 0 Å². The van der Waals surface area contributed by atoms with Crippen molar-refractivity contribution >= 4 is 58.3 Å². The Morgan fingerprint density at radius 1 is 1.00 bits per heavy atom. The van der Waals surface area contributed by atoms with E-state index in [4.69, 9.17) is 0 Å². The van der Waals surface area contributed by atoms with Crippen molar-refractivity contribution in [3.63, 3.8) is 0 Å². The number of amides is 3. The van der Waals surface area contributed by atoms with Gasteiger partial charge in [0.1, 0.15) is 18.4 Å². The zero-order valence-corrected chi connectivity index (χ0v) is 22.1. The number of halogens is 1. The summed E-state index contributed by atoms with van der Waals surface area (Å²) < 4.78 is 4.45. The third-order valence-electron chi connectivity index (χ3n) is 5.30. The molecule has 1 aliphatic heterocycles. The van der Waals surface area contributed by atoms with Crippen LogP contribution in [0.3, 0.4) is 0 Å². The summed E-state index contributed by atoms with van der Waals surface area (Å²) in [6.45, 7) is 5.18. The van der Waals surface area contributed by atoms with Gasteiger partial charge in [-0.1, -0.05) is 44.2 Å². The lowest BCUT2D eigenvalue weighted by atomic mass is 10.0. The summed E-state index contributed by atoms with van der Waals surface area (Å²) in [7, 11) is 1.66. The molecule has 2 aromatic carbocycles. The van der Waals surface area contributed by atoms with Crippen LogP contribution in [0.2, 0.25) is 0 Å². The summed E-state index contributed by atoms with van der Waals surface area (Å²) in [5.41, 5.74) is 2.23. The number of carbonyl (C=O) groups is 4. The summed E-state index contributed by atoms with van der Waals surface area (Å²) in [6, 6.07) is 12.2. The van der Waals surface area contributed by atoms with Crippen molar-refractivity contribution in [2.45, 2.75) is 50.2 Å². The molecule has 0 fully saturated rings. The van der Waals surface area contributed by atoms with Crippen LogP contribution in [-0.4, -0.2) is 42.1 Å². The number of nitrogens with zero attached hydrogens (tertiary/aromatic N) is 1. The lowest BCUT2D eigenvalue weighted by Gasteiger charge is -2.23. The molecule has 3 atom stereocenters. The van der Waals surface area contributed by atoms with Crippen LogP contribution in [0.5, 0.6) is 0 Å². The van der Waals surface area contributed by atoms with Crippen molar-refractivity contribution in [3.8, 4) is 0 Å². The summed E-state index contributed by atoms with van der Waals surface area (Å²) in [5.74, 6) is -1.40. The number of carbonyl (C=O) groups excluding carboxylic acids is 4. The maximum atomic E-state index is 13.1. The minimum Gasteiger partial charge on any atom is -0.345 e. The van der Waals surface area contributed by atoms with Crippen molar-refractivity contribution in [1.29, 1.82) is 0 Å². The molecule has 0 spiro atoms. The number of hydrogen-bond donors (Lipinski definition) is 3. The Hall–Kier alpha value is -2.60. The summed E-state index contributed by atoms with van der Waals surface area (Å²) in [4.78, 5) is 50.8. The summed E-state index contributed by atoms with van der Waals surface area (Å²) >= 11 is -0.325. The molecular formula is C24H27IN4O4S. The van der Waals surface area contributed by atoms with Crippen LogP contribution in [0.4, 0.5) is 5.69 Å². The SMILES string of the molecule is CC(C)[C@@H](C=O)NC(=O)[C@H](C)NC(=O)[C@@H](Cc1ccccc1)NC(=O)c1ccc2c(c1)SI=N2. The van der Waals surface area contributed by atoms with Crippen LogP contribution in [0, 0.1) is 5.92 Å². The van der Waals surface area contributed by atoms with E-state index in [2.05, 4.69) is 19.1 Å². The fourth-order valence-electron chi connectivity index (χ4n) is 3.21. The highest BCUT2D eigenvalue weighted by molar-refractivity contribution is 14.2. The van der Waals surface area contributed by atoms with Gasteiger partial charge < -0.3 is 20.7 Å². The smallest absolute Gasteiger partial charge is 0.251 e. The first-order chi connectivity index (χ1) is 16.3. The van der Waals surface area contributed by atoms with Crippen LogP contribution in [-0.2, 0) is 20.8 Å². The molecule has 1 heterocycles. The predicted octanol–water partition coefficient (Wildman–Crippen LogP) is 3.68. The molecule has 0 saturated carbocycles. The van der Waals surface area contributed by atoms with Gasteiger partial charge in [0.25, 0.3) is 5.91 Å². The van der Waals surface area contributed by atoms with Gasteiger partial charge in [0, 0.05) is 16.9 Å². The van der Waals surface area contributed by atoms with E-state index >= 15 is 0 Å². The number of nitrogens with one attached hydrogen (secondary N) is 3. The molecule has 10 heteroatoms. The molecule has 0 aliphatic carbocycles. The van der Waals surface area contributed by atoms with Crippen LogP contribution in [0.25, 0.3) is 0 Å². The normalized spacial score (nSPS) is 14.8. The molecule has 8 nitrogen and oxygen atoms in total. The first kappa shape index (κ1) is 26.0. The largest absolute Gasteiger partial charge is 0.345 e. The van der Waals surface area contributed by atoms with Gasteiger partial charge in [-0.25, -0.2) is 3.15 Å². The highest BCUT2D eigenvalue weighted by Gasteiger charge is 2.27. The number of hydrogen-bond acceptors (Lipinski definition) is 6. The molecule has 3 amide bonds. The molecule has 0 saturated heterocycles. The van der Waals surface area contributed by atoms with Gasteiger partial charge in [-0.2, -0.15) is 0 Å². The maximum Gasteiger partial charge on any atom is 0.251 e. The van der Waals surface area contributed by atoms with E-state index in [0.717, 1.165) is 16.1 Å². The highest BCUT2D eigenvalue weighted by atomic mass is 127. The van der Waals surface area contributed by atoms with Gasteiger partial charge in [-0.15, -0.1) is 0 Å². The average molecular weight is 594 g/mol. The monoisotopic (exact) mass is 594 g/mol. The number of aldehydes is 1. The molecule has 34 heavy (non-hydrogen) atoms. The Balaban J connectivity index is 1.71. The van der Waals surface area contributed by atoms with Crippen molar-refractivity contribution < 1.29 is 19.2 Å². The van der Waals surface area contributed by atoms with E-state index in [9.17, 15) is 19.2 Å². The van der Waals surface area contributed by atoms with E-state index in [-0.39, 0.29) is 37.9 Å². The molecule has 0 aromatic heterocycles. The zero-order chi connectivity index (χ0) is 24.7. The molecule has 1 aliphatic rings. The lowest BCUT2D eigenvalue weighted by Crippen LogP contribution is -2.55. The lowest BCUT2D eigenvalue weighted by molar-refractivity contribution is -0.130. The van der Waals surface area contributed by atoms with Gasteiger partial charge in [0.15, 0.2) is 0 Å². The number of fused-ring (bicyclic) bond motifs is 1. The molecule has 0 bridgehead atoms. The molecule has 2 aromatic rings. The summed E-state index contributed by atoms with van der Waals surface area (Å²) in [5, 5.41) is 8.12. The van der Waals surface area contributed by atoms with Crippen molar-refractivity contribution in [1.82, 2.24) is 16.0 Å². The number of benzene rings is 2. The topological polar surface area (TPSA) is 117 Å². The minimum absolute atomic E-state index is 0.0742. The third kappa shape index (κ3) is 6.95. The molecule has 180 valence electrons. The molecule has 3 N–H and O–H groups in total. The second kappa shape index (κ2) is 12.2. The third-order valence-corrected chi connectivity index (χ3v) is 9.05. The fourth-order valence-corrected chi connectivity index (χ4v) is 6.96. The van der Waals surface area contributed by atoms with Crippen molar-refractivity contribution in [3.05, 3.63) is 59.7 Å². The Bertz CT molecular complexity index is 1090. The minimum atomic E-state index is -0.893. The Labute approximate surface area is 211 Å². The Morgan fingerprint density at radius 2 is 1.74 bits per heavy atom. The van der Waals surface area contributed by atoms with Gasteiger partial charge in [0.05, 0.1) is 31.4 Å². The molecular weight excluding hydrogens is 567 g/mol. The Morgan fingerprint density at radius 3 is 2.41 bits per heavy atom. The highest BCUT2D eigenvalue weighted by Crippen LogP contribution is 2.47. The van der Waals surface area contributed by atoms with E-state index < -0.39 is 29.9 Å². The van der Waals surface area contributed by atoms with E-state index in [1.165, 1.54) is 0 Å². The van der Waals surface area contributed by atoms with E-state index in [0.29, 0.717) is 11.8 Å². The van der Waals surface area contributed by atoms with Crippen LogP contribution in [0.15, 0.2) is 56.6 Å². The van der Waals surface area contributed by atoms with Crippen molar-refractivity contribution in [2.24, 2.45) is 9.06 Å². The molecule has 0 unspecified atom stereocenters. The van der Waals surface area contributed by atoms with Gasteiger partial charge in [-0.05, 0) is 45.5 Å².